The van der Waals surface area contributed by atoms with Gasteiger partial charge in [-0.15, -0.1) is 0 Å². The van der Waals surface area contributed by atoms with Crippen molar-refractivity contribution in [1.82, 2.24) is 0 Å². The highest BCUT2D eigenvalue weighted by atomic mass is 19.1. The van der Waals surface area contributed by atoms with E-state index >= 15 is 0 Å². The quantitative estimate of drug-likeness (QED) is 0.790. The molecular weight excluding hydrogens is 220 g/mol. The second-order valence-electron chi connectivity index (χ2n) is 4.15. The zero-order chi connectivity index (χ0) is 11.8. The van der Waals surface area contributed by atoms with Crippen LogP contribution < -0.4 is 5.32 Å². The third-order valence-corrected chi connectivity index (χ3v) is 3.07. The molecule has 0 bridgehead atoms. The molecule has 1 heterocycles. The summed E-state index contributed by atoms with van der Waals surface area (Å²) < 4.78 is 27.3. The summed E-state index contributed by atoms with van der Waals surface area (Å²) in [5.74, 6) is -1.05. The molecule has 1 aliphatic heterocycles. The van der Waals surface area contributed by atoms with Gasteiger partial charge in [0.1, 0.15) is 11.6 Å². The summed E-state index contributed by atoms with van der Waals surface area (Å²) in [6.45, 7) is 0.887. The lowest BCUT2D eigenvalue weighted by molar-refractivity contribution is 0.589. The molecule has 0 amide bonds. The minimum atomic E-state index is -0.525. The summed E-state index contributed by atoms with van der Waals surface area (Å²) in [6.07, 6.45) is 0.968. The summed E-state index contributed by atoms with van der Waals surface area (Å²) >= 11 is 0. The third-order valence-electron chi connectivity index (χ3n) is 3.07. The van der Waals surface area contributed by atoms with Gasteiger partial charge >= 0.3 is 0 Å². The number of halogens is 2. The molecule has 1 nitrogen and oxygen atoms in total. The largest absolute Gasteiger partial charge is 0.384 e. The van der Waals surface area contributed by atoms with Crippen LogP contribution in [0.2, 0.25) is 0 Å². The Hall–Kier alpha value is -1.90. The monoisotopic (exact) mass is 231 g/mol. The van der Waals surface area contributed by atoms with E-state index in [0.29, 0.717) is 5.56 Å². The van der Waals surface area contributed by atoms with Gasteiger partial charge in [-0.05, 0) is 35.7 Å². The third kappa shape index (κ3) is 1.68. The van der Waals surface area contributed by atoms with Crippen LogP contribution in [0.3, 0.4) is 0 Å². The normalized spacial score (nSPS) is 13.3. The standard InChI is InChI=1S/C14H11F2N/c15-11-2-1-3-12(16)14(11)10-5-4-9-6-7-17-13(9)8-10/h1-5,8,17H,6-7H2. The van der Waals surface area contributed by atoms with Crippen LogP contribution in [0.15, 0.2) is 36.4 Å². The van der Waals surface area contributed by atoms with Crippen LogP contribution in [0.1, 0.15) is 5.56 Å². The number of hydrogen-bond donors (Lipinski definition) is 1. The van der Waals surface area contributed by atoms with E-state index in [1.165, 1.54) is 23.8 Å². The first-order valence-electron chi connectivity index (χ1n) is 5.57. The smallest absolute Gasteiger partial charge is 0.133 e. The van der Waals surface area contributed by atoms with E-state index in [-0.39, 0.29) is 5.56 Å². The van der Waals surface area contributed by atoms with E-state index in [1.807, 2.05) is 12.1 Å². The van der Waals surface area contributed by atoms with Crippen molar-refractivity contribution in [3.8, 4) is 11.1 Å². The Balaban J connectivity index is 2.16. The Labute approximate surface area is 98.1 Å². The summed E-state index contributed by atoms with van der Waals surface area (Å²) in [6, 6.07) is 9.44. The molecule has 3 heteroatoms. The van der Waals surface area contributed by atoms with Crippen LogP contribution in [-0.4, -0.2) is 6.54 Å². The van der Waals surface area contributed by atoms with E-state index in [9.17, 15) is 8.78 Å². The predicted octanol–water partition coefficient (Wildman–Crippen LogP) is 3.60. The van der Waals surface area contributed by atoms with Crippen LogP contribution in [0.5, 0.6) is 0 Å². The Morgan fingerprint density at radius 1 is 1.00 bits per heavy atom. The molecule has 0 aliphatic carbocycles. The molecular formula is C14H11F2N. The van der Waals surface area contributed by atoms with Gasteiger partial charge in [-0.3, -0.25) is 0 Å². The molecule has 0 radical (unpaired) electrons. The van der Waals surface area contributed by atoms with Gasteiger partial charge in [-0.2, -0.15) is 0 Å². The van der Waals surface area contributed by atoms with Crippen LogP contribution in [-0.2, 0) is 6.42 Å². The van der Waals surface area contributed by atoms with Crippen molar-refractivity contribution < 1.29 is 8.78 Å². The lowest BCUT2D eigenvalue weighted by atomic mass is 10.0. The first-order valence-corrected chi connectivity index (χ1v) is 5.57. The first-order chi connectivity index (χ1) is 8.25. The topological polar surface area (TPSA) is 12.0 Å². The molecule has 3 rings (SSSR count). The van der Waals surface area contributed by atoms with Crippen molar-refractivity contribution in [3.05, 3.63) is 53.6 Å². The first kappa shape index (κ1) is 10.3. The minimum Gasteiger partial charge on any atom is -0.384 e. The molecule has 2 aromatic rings. The van der Waals surface area contributed by atoms with Gasteiger partial charge in [0.15, 0.2) is 0 Å². The molecule has 0 fully saturated rings. The van der Waals surface area contributed by atoms with E-state index < -0.39 is 11.6 Å². The number of benzene rings is 2. The van der Waals surface area contributed by atoms with Crippen molar-refractivity contribution in [2.45, 2.75) is 6.42 Å². The fourth-order valence-electron chi connectivity index (χ4n) is 2.22. The Bertz CT molecular complexity index is 558. The lowest BCUT2D eigenvalue weighted by Gasteiger charge is -2.07. The molecule has 1 N–H and O–H groups in total. The van der Waals surface area contributed by atoms with Crippen molar-refractivity contribution in [3.63, 3.8) is 0 Å². The number of rotatable bonds is 1. The van der Waals surface area contributed by atoms with Crippen LogP contribution in [0.4, 0.5) is 14.5 Å². The van der Waals surface area contributed by atoms with Gasteiger partial charge in [0.05, 0.1) is 5.56 Å². The fraction of sp³-hybridized carbons (Fsp3) is 0.143. The Kier molecular flexibility index (Phi) is 2.32. The SMILES string of the molecule is Fc1cccc(F)c1-c1ccc2c(c1)NCC2. The van der Waals surface area contributed by atoms with E-state index in [1.54, 1.807) is 6.07 Å². The highest BCUT2D eigenvalue weighted by molar-refractivity contribution is 5.72. The molecule has 0 saturated carbocycles. The van der Waals surface area contributed by atoms with Crippen molar-refractivity contribution in [2.75, 3.05) is 11.9 Å². The van der Waals surface area contributed by atoms with Crippen LogP contribution in [0, 0.1) is 11.6 Å². The molecule has 17 heavy (non-hydrogen) atoms. The fourth-order valence-corrected chi connectivity index (χ4v) is 2.22. The number of fused-ring (bicyclic) bond motifs is 1. The Morgan fingerprint density at radius 2 is 1.76 bits per heavy atom. The average molecular weight is 231 g/mol. The Morgan fingerprint density at radius 3 is 2.53 bits per heavy atom. The van der Waals surface area contributed by atoms with Gasteiger partial charge in [-0.25, -0.2) is 8.78 Å². The van der Waals surface area contributed by atoms with E-state index in [2.05, 4.69) is 5.32 Å². The van der Waals surface area contributed by atoms with Crippen molar-refractivity contribution >= 4 is 5.69 Å². The van der Waals surface area contributed by atoms with E-state index in [0.717, 1.165) is 18.7 Å². The molecule has 0 unspecified atom stereocenters. The van der Waals surface area contributed by atoms with Crippen LogP contribution >= 0.6 is 0 Å². The lowest BCUT2D eigenvalue weighted by Crippen LogP contribution is -1.92. The number of hydrogen-bond acceptors (Lipinski definition) is 1. The summed E-state index contributed by atoms with van der Waals surface area (Å²) in [4.78, 5) is 0. The molecule has 0 spiro atoms. The average Bonchev–Trinajstić information content (AvgIpc) is 2.76. The zero-order valence-electron chi connectivity index (χ0n) is 9.13. The molecule has 86 valence electrons. The molecule has 2 aromatic carbocycles. The number of anilines is 1. The minimum absolute atomic E-state index is 0.0454. The second kappa shape index (κ2) is 3.84. The van der Waals surface area contributed by atoms with Gasteiger partial charge in [0, 0.05) is 12.2 Å². The highest BCUT2D eigenvalue weighted by Gasteiger charge is 2.15. The highest BCUT2D eigenvalue weighted by Crippen LogP contribution is 2.31. The van der Waals surface area contributed by atoms with Crippen molar-refractivity contribution in [1.29, 1.82) is 0 Å². The maximum atomic E-state index is 13.6. The zero-order valence-corrected chi connectivity index (χ0v) is 9.13. The van der Waals surface area contributed by atoms with Gasteiger partial charge in [-0.1, -0.05) is 18.2 Å². The number of nitrogens with one attached hydrogen (secondary N) is 1. The molecule has 0 atom stereocenters. The maximum Gasteiger partial charge on any atom is 0.133 e. The molecule has 0 saturated heterocycles. The van der Waals surface area contributed by atoms with E-state index in [4.69, 9.17) is 0 Å². The van der Waals surface area contributed by atoms with Gasteiger partial charge < -0.3 is 5.32 Å². The van der Waals surface area contributed by atoms with Gasteiger partial charge in [0.25, 0.3) is 0 Å². The molecule has 0 aromatic heterocycles. The molecule has 1 aliphatic rings. The van der Waals surface area contributed by atoms with Crippen LogP contribution in [0.25, 0.3) is 11.1 Å². The maximum absolute atomic E-state index is 13.6. The predicted molar refractivity (Wildman–Crippen MR) is 64.0 cm³/mol. The summed E-state index contributed by atoms with van der Waals surface area (Å²) in [5.41, 5.74) is 2.80. The van der Waals surface area contributed by atoms with Crippen molar-refractivity contribution in [2.24, 2.45) is 0 Å². The summed E-state index contributed by atoms with van der Waals surface area (Å²) in [7, 11) is 0. The van der Waals surface area contributed by atoms with Gasteiger partial charge in [0.2, 0.25) is 0 Å². The summed E-state index contributed by atoms with van der Waals surface area (Å²) in [5, 5.41) is 3.20. The second-order valence-corrected chi connectivity index (χ2v) is 4.15.